The first-order valence-corrected chi connectivity index (χ1v) is 5.53. The Labute approximate surface area is 101 Å². The van der Waals surface area contributed by atoms with E-state index in [1.165, 1.54) is 11.1 Å². The molecule has 0 saturated carbocycles. The molecule has 86 valence electrons. The van der Waals surface area contributed by atoms with Crippen LogP contribution >= 0.6 is 0 Å². The van der Waals surface area contributed by atoms with Crippen LogP contribution in [-0.2, 0) is 13.1 Å². The fraction of sp³-hybridized carbons (Fsp3) is 0.214. The highest BCUT2D eigenvalue weighted by molar-refractivity contribution is 5.21. The molecule has 0 fully saturated rings. The Morgan fingerprint density at radius 2 is 1.88 bits per heavy atom. The Hall–Kier alpha value is -2.05. The van der Waals surface area contributed by atoms with Crippen molar-refractivity contribution in [3.63, 3.8) is 0 Å². The van der Waals surface area contributed by atoms with Gasteiger partial charge < -0.3 is 9.73 Å². The van der Waals surface area contributed by atoms with Crippen molar-refractivity contribution < 1.29 is 4.42 Å². The first kappa shape index (κ1) is 11.4. The van der Waals surface area contributed by atoms with E-state index in [0.717, 1.165) is 12.3 Å². The lowest BCUT2D eigenvalue weighted by Crippen LogP contribution is -2.11. The summed E-state index contributed by atoms with van der Waals surface area (Å²) in [6.45, 7) is 3.50. The summed E-state index contributed by atoms with van der Waals surface area (Å²) in [4.78, 5) is 0. The Kier molecular flexibility index (Phi) is 3.59. The van der Waals surface area contributed by atoms with Crippen LogP contribution in [0.2, 0.25) is 0 Å². The maximum Gasteiger partial charge on any atom is 0.203 e. The van der Waals surface area contributed by atoms with Crippen LogP contribution in [0.4, 0.5) is 0 Å². The van der Waals surface area contributed by atoms with E-state index >= 15 is 0 Å². The van der Waals surface area contributed by atoms with Gasteiger partial charge in [-0.3, -0.25) is 0 Å². The number of benzene rings is 1. The van der Waals surface area contributed by atoms with E-state index in [-0.39, 0.29) is 0 Å². The molecule has 17 heavy (non-hydrogen) atoms. The zero-order valence-electron chi connectivity index (χ0n) is 9.73. The molecular weight excluding hydrogens is 212 g/mol. The average molecular weight is 226 g/mol. The molecule has 0 saturated heterocycles. The van der Waals surface area contributed by atoms with Gasteiger partial charge in [0, 0.05) is 6.54 Å². The second-order valence-corrected chi connectivity index (χ2v) is 3.97. The third-order valence-electron chi connectivity index (χ3n) is 2.52. The Balaban J connectivity index is 1.83. The van der Waals surface area contributed by atoms with Gasteiger partial charge in [-0.15, -0.1) is 0 Å². The average Bonchev–Trinajstić information content (AvgIpc) is 2.80. The molecule has 0 aliphatic rings. The van der Waals surface area contributed by atoms with Gasteiger partial charge in [-0.05, 0) is 24.6 Å². The van der Waals surface area contributed by atoms with Crippen molar-refractivity contribution in [1.29, 1.82) is 5.26 Å². The topological polar surface area (TPSA) is 49.0 Å². The van der Waals surface area contributed by atoms with Crippen molar-refractivity contribution in [3.05, 3.63) is 59.0 Å². The molecule has 0 spiro atoms. The minimum atomic E-state index is 0.358. The Bertz CT molecular complexity index is 520. The van der Waals surface area contributed by atoms with Crippen molar-refractivity contribution in [2.75, 3.05) is 0 Å². The van der Waals surface area contributed by atoms with Crippen LogP contribution in [-0.4, -0.2) is 0 Å². The summed E-state index contributed by atoms with van der Waals surface area (Å²) in [5, 5.41) is 11.9. The molecule has 1 heterocycles. The number of nitrogens with one attached hydrogen (secondary N) is 1. The van der Waals surface area contributed by atoms with Crippen LogP contribution < -0.4 is 5.32 Å². The van der Waals surface area contributed by atoms with Gasteiger partial charge in [-0.25, -0.2) is 0 Å². The molecule has 2 aromatic rings. The first-order valence-electron chi connectivity index (χ1n) is 5.53. The molecule has 0 bridgehead atoms. The monoisotopic (exact) mass is 226 g/mol. The molecule has 3 nitrogen and oxygen atoms in total. The van der Waals surface area contributed by atoms with E-state index in [1.54, 1.807) is 6.07 Å². The van der Waals surface area contributed by atoms with Crippen LogP contribution in [0.3, 0.4) is 0 Å². The molecule has 0 aliphatic carbocycles. The van der Waals surface area contributed by atoms with E-state index in [0.29, 0.717) is 12.3 Å². The summed E-state index contributed by atoms with van der Waals surface area (Å²) < 4.78 is 5.27. The van der Waals surface area contributed by atoms with Crippen molar-refractivity contribution >= 4 is 0 Å². The zero-order chi connectivity index (χ0) is 12.1. The molecule has 1 aromatic heterocycles. The maximum absolute atomic E-state index is 8.62. The second kappa shape index (κ2) is 5.33. The maximum atomic E-state index is 8.62. The normalized spacial score (nSPS) is 10.1. The molecule has 1 N–H and O–H groups in total. The third kappa shape index (κ3) is 3.20. The van der Waals surface area contributed by atoms with Gasteiger partial charge in [0.1, 0.15) is 11.8 Å². The zero-order valence-corrected chi connectivity index (χ0v) is 9.73. The highest BCUT2D eigenvalue weighted by Gasteiger charge is 2.00. The van der Waals surface area contributed by atoms with Crippen LogP contribution in [0.5, 0.6) is 0 Å². The van der Waals surface area contributed by atoms with E-state index in [1.807, 2.05) is 12.1 Å². The standard InChI is InChI=1S/C14H14N2O/c1-11-2-4-12(5-3-11)9-16-10-14-7-6-13(8-15)17-14/h2-7,16H,9-10H2,1H3. The third-order valence-corrected chi connectivity index (χ3v) is 2.52. The number of aryl methyl sites for hydroxylation is 1. The second-order valence-electron chi connectivity index (χ2n) is 3.97. The number of hydrogen-bond acceptors (Lipinski definition) is 3. The van der Waals surface area contributed by atoms with E-state index in [4.69, 9.17) is 9.68 Å². The highest BCUT2D eigenvalue weighted by atomic mass is 16.3. The fourth-order valence-corrected chi connectivity index (χ4v) is 1.57. The van der Waals surface area contributed by atoms with Gasteiger partial charge in [0.2, 0.25) is 5.76 Å². The number of furan rings is 1. The summed E-state index contributed by atoms with van der Waals surface area (Å²) in [5.41, 5.74) is 2.50. The van der Waals surface area contributed by atoms with Crippen LogP contribution in [0.15, 0.2) is 40.8 Å². The summed E-state index contributed by atoms with van der Waals surface area (Å²) in [5.74, 6) is 1.14. The van der Waals surface area contributed by atoms with Gasteiger partial charge in [-0.1, -0.05) is 29.8 Å². The van der Waals surface area contributed by atoms with Crippen LogP contribution in [0.1, 0.15) is 22.6 Å². The largest absolute Gasteiger partial charge is 0.449 e. The van der Waals surface area contributed by atoms with Crippen LogP contribution in [0, 0.1) is 18.3 Å². The minimum absolute atomic E-state index is 0.358. The van der Waals surface area contributed by atoms with E-state index < -0.39 is 0 Å². The summed E-state index contributed by atoms with van der Waals surface area (Å²) in [6, 6.07) is 13.9. The van der Waals surface area contributed by atoms with Gasteiger partial charge in [0.15, 0.2) is 0 Å². The summed E-state index contributed by atoms with van der Waals surface area (Å²) >= 11 is 0. The van der Waals surface area contributed by atoms with Crippen molar-refractivity contribution in [1.82, 2.24) is 5.32 Å². The molecule has 3 heteroatoms. The molecule has 0 unspecified atom stereocenters. The lowest BCUT2D eigenvalue weighted by molar-refractivity contribution is 0.474. The predicted octanol–water partition coefficient (Wildman–Crippen LogP) is 2.75. The Morgan fingerprint density at radius 1 is 1.12 bits per heavy atom. The molecular formula is C14H14N2O. The predicted molar refractivity (Wildman–Crippen MR) is 65.1 cm³/mol. The molecule has 0 aliphatic heterocycles. The molecule has 1 aromatic carbocycles. The van der Waals surface area contributed by atoms with Crippen LogP contribution in [0.25, 0.3) is 0 Å². The Morgan fingerprint density at radius 3 is 2.53 bits per heavy atom. The fourth-order valence-electron chi connectivity index (χ4n) is 1.57. The SMILES string of the molecule is Cc1ccc(CNCc2ccc(C#N)o2)cc1. The lowest BCUT2D eigenvalue weighted by Gasteiger charge is -2.03. The quantitative estimate of drug-likeness (QED) is 0.872. The molecule has 0 amide bonds. The molecule has 0 radical (unpaired) electrons. The number of hydrogen-bond donors (Lipinski definition) is 1. The first-order chi connectivity index (χ1) is 8.28. The smallest absolute Gasteiger partial charge is 0.203 e. The van der Waals surface area contributed by atoms with Gasteiger partial charge in [-0.2, -0.15) is 5.26 Å². The van der Waals surface area contributed by atoms with E-state index in [2.05, 4.69) is 36.5 Å². The van der Waals surface area contributed by atoms with Gasteiger partial charge >= 0.3 is 0 Å². The number of nitriles is 1. The van der Waals surface area contributed by atoms with E-state index in [9.17, 15) is 0 Å². The highest BCUT2D eigenvalue weighted by Crippen LogP contribution is 2.07. The number of rotatable bonds is 4. The van der Waals surface area contributed by atoms with Crippen molar-refractivity contribution in [2.45, 2.75) is 20.0 Å². The van der Waals surface area contributed by atoms with Gasteiger partial charge in [0.25, 0.3) is 0 Å². The van der Waals surface area contributed by atoms with Crippen molar-refractivity contribution in [3.8, 4) is 6.07 Å². The summed E-state index contributed by atoms with van der Waals surface area (Å²) in [7, 11) is 0. The summed E-state index contributed by atoms with van der Waals surface area (Å²) in [6.07, 6.45) is 0. The molecule has 0 atom stereocenters. The molecule has 2 rings (SSSR count). The van der Waals surface area contributed by atoms with Gasteiger partial charge in [0.05, 0.1) is 6.54 Å². The number of nitrogens with zero attached hydrogens (tertiary/aromatic N) is 1. The minimum Gasteiger partial charge on any atom is -0.449 e. The van der Waals surface area contributed by atoms with Crippen molar-refractivity contribution in [2.24, 2.45) is 0 Å². The lowest BCUT2D eigenvalue weighted by atomic mass is 10.1.